The first-order chi connectivity index (χ1) is 23.0. The third-order valence-corrected chi connectivity index (χ3v) is 10.6. The van der Waals surface area contributed by atoms with Gasteiger partial charge in [-0.25, -0.2) is 0 Å². The smallest absolute Gasteiger partial charge is 0.306 e. The lowest BCUT2D eigenvalue weighted by molar-refractivity contribution is -0.146. The molecule has 0 saturated carbocycles. The number of aliphatic hydroxyl groups is 1. The Bertz CT molecular complexity index is 1550. The van der Waals surface area contributed by atoms with Crippen LogP contribution >= 0.6 is 15.9 Å². The number of nitrogens with zero attached hydrogens (tertiary/aromatic N) is 2. The minimum absolute atomic E-state index is 0.105. The molecule has 5 rings (SSSR count). The summed E-state index contributed by atoms with van der Waals surface area (Å²) < 4.78 is 12.2. The van der Waals surface area contributed by atoms with Crippen LogP contribution < -0.4 is 10.2 Å². The van der Waals surface area contributed by atoms with Crippen LogP contribution in [0.1, 0.15) is 48.9 Å². The van der Waals surface area contributed by atoms with Crippen molar-refractivity contribution >= 4 is 45.3 Å². The second-order valence-corrected chi connectivity index (χ2v) is 14.1. The summed E-state index contributed by atoms with van der Waals surface area (Å²) >= 11 is 3.72. The highest BCUT2D eigenvalue weighted by molar-refractivity contribution is 9.09. The fourth-order valence-electron chi connectivity index (χ4n) is 7.65. The van der Waals surface area contributed by atoms with E-state index in [1.54, 1.807) is 24.0 Å². The molecule has 0 radical (unpaired) electrons. The Morgan fingerprint density at radius 2 is 1.83 bits per heavy atom. The summed E-state index contributed by atoms with van der Waals surface area (Å²) in [4.78, 5) is 58.8. The van der Waals surface area contributed by atoms with Crippen molar-refractivity contribution in [1.29, 1.82) is 0 Å². The molecule has 2 N–H and O–H groups in total. The second-order valence-electron chi connectivity index (χ2n) is 12.9. The maximum Gasteiger partial charge on any atom is 0.306 e. The topological polar surface area (TPSA) is 125 Å². The first-order valence-electron chi connectivity index (χ1n) is 16.4. The maximum absolute atomic E-state index is 14.9. The van der Waals surface area contributed by atoms with Crippen LogP contribution in [0.25, 0.3) is 0 Å². The standard InChI is InChI=1S/C37H44BrN3O7/c1-6-8-17-28(43)47-21-27(25-15-10-9-11-16-25)39-34(44)29-30-35(45)41(24(5)20-42)33(37(30)19-26(38)32(29)48-37)36(46)40(18-7-2)31-22(3)13-12-14-23(31)4/h6-7,9-16,24,26-27,29-30,32-33,42H,1-2,8,17-21H2,3-5H3,(H,39,44)/t24-,26?,27-,29+,30-,32+,33+,37-/m1/s1. The van der Waals surface area contributed by atoms with Gasteiger partial charge in [-0.3, -0.25) is 19.2 Å². The monoisotopic (exact) mass is 721 g/mol. The van der Waals surface area contributed by atoms with Gasteiger partial charge in [-0.1, -0.05) is 76.6 Å². The molecule has 11 heteroatoms. The van der Waals surface area contributed by atoms with Gasteiger partial charge in [0.1, 0.15) is 18.2 Å². The summed E-state index contributed by atoms with van der Waals surface area (Å²) in [6, 6.07) is 12.4. The van der Waals surface area contributed by atoms with E-state index in [2.05, 4.69) is 34.4 Å². The van der Waals surface area contributed by atoms with Crippen LogP contribution in [-0.2, 0) is 28.7 Å². The number of fused-ring (bicyclic) bond motifs is 1. The number of nitrogens with one attached hydrogen (secondary N) is 1. The molecule has 3 saturated heterocycles. The lowest BCUT2D eigenvalue weighted by atomic mass is 9.70. The lowest BCUT2D eigenvalue weighted by Gasteiger charge is -2.39. The molecule has 10 nitrogen and oxygen atoms in total. The first-order valence-corrected chi connectivity index (χ1v) is 17.3. The zero-order valence-corrected chi connectivity index (χ0v) is 29.2. The highest BCUT2D eigenvalue weighted by Gasteiger charge is 2.77. The normalized spacial score (nSPS) is 26.8. The van der Waals surface area contributed by atoms with Gasteiger partial charge in [0.25, 0.3) is 5.91 Å². The fraction of sp³-hybridized carbons (Fsp3) is 0.459. The number of carbonyl (C=O) groups excluding carboxylic acids is 4. The molecule has 3 amide bonds. The fourth-order valence-corrected chi connectivity index (χ4v) is 8.59. The van der Waals surface area contributed by atoms with Crippen molar-refractivity contribution in [2.24, 2.45) is 11.8 Å². The van der Waals surface area contributed by atoms with Crippen molar-refractivity contribution in [1.82, 2.24) is 10.2 Å². The Labute approximate surface area is 290 Å². The van der Waals surface area contributed by atoms with Gasteiger partial charge in [-0.15, -0.1) is 13.2 Å². The van der Waals surface area contributed by atoms with Crippen molar-refractivity contribution in [3.8, 4) is 0 Å². The number of aliphatic hydroxyl groups excluding tert-OH is 1. The van der Waals surface area contributed by atoms with E-state index in [0.29, 0.717) is 12.8 Å². The lowest BCUT2D eigenvalue weighted by Crippen LogP contribution is -2.59. The molecule has 0 aromatic heterocycles. The quantitative estimate of drug-likeness (QED) is 0.169. The highest BCUT2D eigenvalue weighted by atomic mass is 79.9. The van der Waals surface area contributed by atoms with Crippen molar-refractivity contribution < 1.29 is 33.8 Å². The number of rotatable bonds is 14. The second kappa shape index (κ2) is 14.8. The average molecular weight is 723 g/mol. The third kappa shape index (κ3) is 6.35. The molecule has 2 bridgehead atoms. The van der Waals surface area contributed by atoms with Gasteiger partial charge in [0.05, 0.1) is 36.6 Å². The number of likely N-dealkylation sites (tertiary alicyclic amines) is 1. The van der Waals surface area contributed by atoms with Gasteiger partial charge in [0.15, 0.2) is 0 Å². The number of hydrogen-bond acceptors (Lipinski definition) is 7. The van der Waals surface area contributed by atoms with Gasteiger partial charge in [-0.05, 0) is 50.3 Å². The predicted octanol–water partition coefficient (Wildman–Crippen LogP) is 4.32. The van der Waals surface area contributed by atoms with Crippen LogP contribution in [0.15, 0.2) is 73.8 Å². The van der Waals surface area contributed by atoms with Crippen LogP contribution in [-0.4, -0.2) is 82.1 Å². The summed E-state index contributed by atoms with van der Waals surface area (Å²) in [5.74, 6) is -3.56. The zero-order valence-electron chi connectivity index (χ0n) is 27.6. The van der Waals surface area contributed by atoms with E-state index < -0.39 is 59.5 Å². The van der Waals surface area contributed by atoms with Gasteiger partial charge in [0, 0.05) is 23.5 Å². The summed E-state index contributed by atoms with van der Waals surface area (Å²) in [6.45, 7) is 12.8. The molecular formula is C37H44BrN3O7. The van der Waals surface area contributed by atoms with Gasteiger partial charge < -0.3 is 29.7 Å². The summed E-state index contributed by atoms with van der Waals surface area (Å²) in [6.07, 6.45) is 3.54. The molecule has 0 aliphatic carbocycles. The van der Waals surface area contributed by atoms with Gasteiger partial charge in [0.2, 0.25) is 11.8 Å². The van der Waals surface area contributed by atoms with Crippen LogP contribution in [0.3, 0.4) is 0 Å². The maximum atomic E-state index is 14.9. The third-order valence-electron chi connectivity index (χ3n) is 9.77. The number of aryl methyl sites for hydroxylation is 2. The number of ether oxygens (including phenoxy) is 2. The largest absolute Gasteiger partial charge is 0.463 e. The number of benzene rings is 2. The average Bonchev–Trinajstić information content (AvgIpc) is 3.67. The van der Waals surface area contributed by atoms with Crippen molar-refractivity contribution in [2.75, 3.05) is 24.7 Å². The molecule has 2 aromatic rings. The molecule has 256 valence electrons. The van der Waals surface area contributed by atoms with E-state index in [0.717, 1.165) is 22.4 Å². The number of anilines is 1. The van der Waals surface area contributed by atoms with Crippen molar-refractivity contribution in [3.63, 3.8) is 0 Å². The van der Waals surface area contributed by atoms with E-state index >= 15 is 0 Å². The minimum atomic E-state index is -1.33. The Morgan fingerprint density at radius 1 is 1.15 bits per heavy atom. The number of para-hydroxylation sites is 1. The minimum Gasteiger partial charge on any atom is -0.463 e. The summed E-state index contributed by atoms with van der Waals surface area (Å²) in [5, 5.41) is 13.4. The summed E-state index contributed by atoms with van der Waals surface area (Å²) in [5.41, 5.74) is 1.89. The molecule has 1 spiro atoms. The van der Waals surface area contributed by atoms with E-state index in [9.17, 15) is 24.3 Å². The summed E-state index contributed by atoms with van der Waals surface area (Å²) in [7, 11) is 0. The molecule has 1 unspecified atom stereocenters. The van der Waals surface area contributed by atoms with Crippen LogP contribution in [0.5, 0.6) is 0 Å². The predicted molar refractivity (Wildman–Crippen MR) is 185 cm³/mol. The Hall–Kier alpha value is -3.80. The number of allylic oxidation sites excluding steroid dienone is 1. The number of esters is 1. The van der Waals surface area contributed by atoms with Crippen molar-refractivity contribution in [3.05, 3.63) is 90.5 Å². The number of amides is 3. The van der Waals surface area contributed by atoms with Gasteiger partial charge >= 0.3 is 5.97 Å². The molecule has 2 aromatic carbocycles. The van der Waals surface area contributed by atoms with Crippen molar-refractivity contribution in [2.45, 2.75) is 74.7 Å². The molecule has 48 heavy (non-hydrogen) atoms. The molecular weight excluding hydrogens is 678 g/mol. The number of hydrogen-bond donors (Lipinski definition) is 2. The van der Waals surface area contributed by atoms with Crippen LogP contribution in [0, 0.1) is 25.7 Å². The molecule has 3 aliphatic heterocycles. The Morgan fingerprint density at radius 3 is 2.46 bits per heavy atom. The SMILES string of the molecule is C=CCCC(=O)OC[C@@H](NC(=O)[C@@H]1[C@H]2O[C@@]3(CC2Br)[C@H](C(=O)N(CC=C)c2c(C)cccc2C)N([C@H](C)CO)C(=O)[C@@H]13)c1ccccc1. The van der Waals surface area contributed by atoms with Crippen LogP contribution in [0.2, 0.25) is 0 Å². The van der Waals surface area contributed by atoms with Gasteiger partial charge in [-0.2, -0.15) is 0 Å². The molecule has 3 fully saturated rings. The first kappa shape index (κ1) is 35.5. The van der Waals surface area contributed by atoms with E-state index in [-0.39, 0.29) is 36.9 Å². The molecule has 3 aliphatic rings. The van der Waals surface area contributed by atoms with E-state index in [4.69, 9.17) is 9.47 Å². The zero-order chi connectivity index (χ0) is 34.7. The van der Waals surface area contributed by atoms with E-state index in [1.165, 1.54) is 4.90 Å². The van der Waals surface area contributed by atoms with E-state index in [1.807, 2.05) is 62.4 Å². The molecule has 8 atom stereocenters. The number of halogens is 1. The highest BCUT2D eigenvalue weighted by Crippen LogP contribution is 2.60. The Kier molecular flexibility index (Phi) is 10.9. The number of carbonyl (C=O) groups is 4. The van der Waals surface area contributed by atoms with Crippen LogP contribution in [0.4, 0.5) is 5.69 Å². The number of alkyl halides is 1. The molecule has 3 heterocycles. The Balaban J connectivity index is 1.51.